The molecule has 0 bridgehead atoms. The van der Waals surface area contributed by atoms with Crippen molar-refractivity contribution in [2.75, 3.05) is 45.8 Å². The average molecular weight is 462 g/mol. The zero-order valence-electron chi connectivity index (χ0n) is 19.0. The number of aldehydes is 1. The van der Waals surface area contributed by atoms with Crippen molar-refractivity contribution in [3.8, 4) is 5.75 Å². The minimum Gasteiger partial charge on any atom is -0.490 e. The first-order valence-corrected chi connectivity index (χ1v) is 11.1. The molecule has 1 N–H and O–H groups in total. The van der Waals surface area contributed by atoms with Crippen LogP contribution in [0.5, 0.6) is 5.75 Å². The van der Waals surface area contributed by atoms with E-state index in [1.807, 2.05) is 18.9 Å². The molecule has 0 radical (unpaired) electrons. The molecule has 1 saturated heterocycles. The van der Waals surface area contributed by atoms with Gasteiger partial charge in [0.05, 0.1) is 17.3 Å². The Bertz CT molecular complexity index is 876. The van der Waals surface area contributed by atoms with Crippen LogP contribution in [0, 0.1) is 5.92 Å². The lowest BCUT2D eigenvalue weighted by molar-refractivity contribution is -0.107. The Kier molecular flexibility index (Phi) is 10.4. The van der Waals surface area contributed by atoms with E-state index in [-0.39, 0.29) is 12.2 Å². The molecule has 0 unspecified atom stereocenters. The van der Waals surface area contributed by atoms with E-state index in [0.29, 0.717) is 52.2 Å². The molecule has 0 atom stereocenters. The van der Waals surface area contributed by atoms with Crippen LogP contribution in [-0.4, -0.2) is 64.1 Å². The first-order valence-electron chi connectivity index (χ1n) is 10.7. The molecule has 1 fully saturated rings. The molecular formula is C24H32ClN3O4. The van der Waals surface area contributed by atoms with Crippen molar-refractivity contribution >= 4 is 36.1 Å². The van der Waals surface area contributed by atoms with E-state index in [1.54, 1.807) is 31.3 Å². The van der Waals surface area contributed by atoms with Crippen LogP contribution in [0.4, 0.5) is 5.69 Å². The number of hydrogen-bond donors (Lipinski definition) is 1. The summed E-state index contributed by atoms with van der Waals surface area (Å²) in [5, 5.41) is 3.40. The third kappa shape index (κ3) is 6.68. The van der Waals surface area contributed by atoms with E-state index in [4.69, 9.17) is 21.1 Å². The molecule has 2 rings (SSSR count). The number of ketones is 1. The summed E-state index contributed by atoms with van der Waals surface area (Å²) in [7, 11) is 3.64. The number of allylic oxidation sites excluding steroid dienone is 3. The number of aliphatic imine (C=N–C) groups is 1. The molecule has 0 saturated carbocycles. The number of ether oxygens (including phenoxy) is 2. The van der Waals surface area contributed by atoms with Gasteiger partial charge >= 0.3 is 0 Å². The van der Waals surface area contributed by atoms with Gasteiger partial charge in [-0.25, -0.2) is 4.99 Å². The number of anilines is 1. The number of carbonyl (C=O) groups excluding carboxylic acids is 2. The van der Waals surface area contributed by atoms with E-state index in [2.05, 4.69) is 17.0 Å². The summed E-state index contributed by atoms with van der Waals surface area (Å²) in [4.78, 5) is 30.7. The smallest absolute Gasteiger partial charge is 0.191 e. The lowest BCUT2D eigenvalue weighted by Crippen LogP contribution is -2.28. The molecule has 1 aromatic rings. The maximum absolute atomic E-state index is 13.3. The van der Waals surface area contributed by atoms with E-state index in [9.17, 15) is 9.59 Å². The number of nitrogens with one attached hydrogen (secondary N) is 1. The molecule has 1 heterocycles. The highest BCUT2D eigenvalue weighted by molar-refractivity contribution is 6.33. The molecule has 1 aromatic carbocycles. The number of hydrogen-bond acceptors (Lipinski definition) is 7. The molecule has 0 amide bonds. The molecule has 8 heteroatoms. The highest BCUT2D eigenvalue weighted by Gasteiger charge is 2.21. The lowest BCUT2D eigenvalue weighted by atomic mass is 9.98. The fourth-order valence-electron chi connectivity index (χ4n) is 3.66. The molecule has 0 aromatic heterocycles. The Hall–Kier alpha value is -2.64. The quantitative estimate of drug-likeness (QED) is 0.163. The summed E-state index contributed by atoms with van der Waals surface area (Å²) in [6.07, 6.45) is 6.05. The highest BCUT2D eigenvalue weighted by Crippen LogP contribution is 2.37. The van der Waals surface area contributed by atoms with E-state index in [0.717, 1.165) is 32.6 Å². The minimum atomic E-state index is -0.286. The topological polar surface area (TPSA) is 80.2 Å². The van der Waals surface area contributed by atoms with Gasteiger partial charge in [-0.1, -0.05) is 17.7 Å². The van der Waals surface area contributed by atoms with Crippen LogP contribution >= 0.6 is 11.6 Å². The predicted octanol–water partition coefficient (Wildman–Crippen LogP) is 4.38. The number of rotatable bonds is 12. The molecule has 1 aliphatic rings. The third-order valence-electron chi connectivity index (χ3n) is 5.35. The molecule has 7 nitrogen and oxygen atoms in total. The van der Waals surface area contributed by atoms with Crippen LogP contribution in [0.3, 0.4) is 0 Å². The summed E-state index contributed by atoms with van der Waals surface area (Å²) in [6, 6.07) is 3.25. The Morgan fingerprint density at radius 2 is 2.09 bits per heavy atom. The Morgan fingerprint density at radius 3 is 2.69 bits per heavy atom. The van der Waals surface area contributed by atoms with Crippen molar-refractivity contribution in [3.63, 3.8) is 0 Å². The van der Waals surface area contributed by atoms with Gasteiger partial charge in [0.15, 0.2) is 11.5 Å². The van der Waals surface area contributed by atoms with Crippen LogP contribution in [-0.2, 0) is 9.53 Å². The summed E-state index contributed by atoms with van der Waals surface area (Å²) in [5.74, 6) is 1.27. The Labute approximate surface area is 195 Å². The van der Waals surface area contributed by atoms with Gasteiger partial charge in [0.25, 0.3) is 0 Å². The summed E-state index contributed by atoms with van der Waals surface area (Å²) >= 11 is 6.25. The van der Waals surface area contributed by atoms with Crippen molar-refractivity contribution in [2.24, 2.45) is 10.9 Å². The third-order valence-corrected chi connectivity index (χ3v) is 5.65. The fraction of sp³-hybridized carbons (Fsp3) is 0.458. The van der Waals surface area contributed by atoms with Crippen molar-refractivity contribution < 1.29 is 19.1 Å². The Morgan fingerprint density at radius 1 is 1.38 bits per heavy atom. The zero-order valence-corrected chi connectivity index (χ0v) is 19.8. The van der Waals surface area contributed by atoms with Gasteiger partial charge in [-0.05, 0) is 50.6 Å². The van der Waals surface area contributed by atoms with Gasteiger partial charge in [0.1, 0.15) is 12.1 Å². The van der Waals surface area contributed by atoms with Gasteiger partial charge in [0.2, 0.25) is 0 Å². The molecule has 32 heavy (non-hydrogen) atoms. The predicted molar refractivity (Wildman–Crippen MR) is 129 cm³/mol. The van der Waals surface area contributed by atoms with Crippen LogP contribution in [0.1, 0.15) is 36.5 Å². The van der Waals surface area contributed by atoms with Gasteiger partial charge < -0.3 is 24.5 Å². The van der Waals surface area contributed by atoms with Crippen molar-refractivity contribution in [1.29, 1.82) is 0 Å². The fourth-order valence-corrected chi connectivity index (χ4v) is 3.88. The maximum Gasteiger partial charge on any atom is 0.191 e. The minimum absolute atomic E-state index is 0.0286. The largest absolute Gasteiger partial charge is 0.490 e. The molecule has 0 spiro atoms. The monoisotopic (exact) mass is 461 g/mol. The molecule has 0 aliphatic carbocycles. The van der Waals surface area contributed by atoms with E-state index < -0.39 is 0 Å². The van der Waals surface area contributed by atoms with Crippen molar-refractivity contribution in [3.05, 3.63) is 46.3 Å². The highest BCUT2D eigenvalue weighted by atomic mass is 35.5. The van der Waals surface area contributed by atoms with E-state index >= 15 is 0 Å². The normalized spacial score (nSPS) is 15.2. The summed E-state index contributed by atoms with van der Waals surface area (Å²) in [5.41, 5.74) is 1.20. The zero-order chi connectivity index (χ0) is 23.5. The summed E-state index contributed by atoms with van der Waals surface area (Å²) in [6.45, 7) is 8.27. The van der Waals surface area contributed by atoms with E-state index in [1.165, 1.54) is 0 Å². The molecule has 174 valence electrons. The van der Waals surface area contributed by atoms with Gasteiger partial charge in [-0.3, -0.25) is 4.79 Å². The number of halogens is 1. The molecular weight excluding hydrogens is 430 g/mol. The molecule has 1 aliphatic heterocycles. The standard InChI is InChI=1S/C24H32ClN3O4/c1-5-32-24-20(25)8-7-19(22(24)27-3)23(30)18(10-13-29)6-9-21(26-2)28(4)16-17-11-14-31-15-12-17/h6-9,13,17,27H,2,5,10-12,14-16H2,1,3-4H3/b18-6+,21-9+. The number of Topliss-reactive ketones (excluding diaryl/α,β-unsaturated/α-hetero) is 1. The van der Waals surface area contributed by atoms with Crippen LogP contribution in [0.2, 0.25) is 5.02 Å². The van der Waals surface area contributed by atoms with Crippen LogP contribution in [0.25, 0.3) is 0 Å². The van der Waals surface area contributed by atoms with Crippen molar-refractivity contribution in [1.82, 2.24) is 4.90 Å². The number of carbonyl (C=O) groups is 2. The van der Waals surface area contributed by atoms with Crippen molar-refractivity contribution in [2.45, 2.75) is 26.2 Å². The first-order chi connectivity index (χ1) is 15.5. The second kappa shape index (κ2) is 13.0. The van der Waals surface area contributed by atoms with Crippen LogP contribution < -0.4 is 10.1 Å². The summed E-state index contributed by atoms with van der Waals surface area (Å²) < 4.78 is 11.0. The second-order valence-electron chi connectivity index (χ2n) is 7.49. The lowest BCUT2D eigenvalue weighted by Gasteiger charge is -2.28. The average Bonchev–Trinajstić information content (AvgIpc) is 2.80. The maximum atomic E-state index is 13.3. The Balaban J connectivity index is 2.33. The van der Waals surface area contributed by atoms with Gasteiger partial charge in [-0.2, -0.15) is 0 Å². The van der Waals surface area contributed by atoms with Gasteiger partial charge in [0, 0.05) is 51.4 Å². The number of nitrogens with zero attached hydrogens (tertiary/aromatic N) is 2. The second-order valence-corrected chi connectivity index (χ2v) is 7.90. The SMILES string of the molecule is C=N/C(=C\C=C(/CC=O)C(=O)c1ccc(Cl)c(OCC)c1NC)N(C)CC1CCOCC1. The first kappa shape index (κ1) is 25.6. The van der Waals surface area contributed by atoms with Crippen LogP contribution in [0.15, 0.2) is 40.7 Å². The van der Waals surface area contributed by atoms with Gasteiger partial charge in [-0.15, -0.1) is 0 Å². The number of benzene rings is 1.